The summed E-state index contributed by atoms with van der Waals surface area (Å²) in [7, 11) is -3.99. The fourth-order valence-corrected chi connectivity index (χ4v) is 2.72. The van der Waals surface area contributed by atoms with E-state index in [1.807, 2.05) is 0 Å². The van der Waals surface area contributed by atoms with Gasteiger partial charge in [-0.1, -0.05) is 12.1 Å². The normalized spacial score (nSPS) is 11.3. The Hall–Kier alpha value is -2.15. The average molecular weight is 284 g/mol. The molecule has 4 nitrogen and oxygen atoms in total. The molecule has 2 rings (SSSR count). The van der Waals surface area contributed by atoms with Crippen LogP contribution < -0.4 is 10.5 Å². The highest BCUT2D eigenvalue weighted by atomic mass is 32.2. The van der Waals surface area contributed by atoms with Gasteiger partial charge in [0.15, 0.2) is 0 Å². The van der Waals surface area contributed by atoms with Crippen LogP contribution in [0.4, 0.5) is 20.2 Å². The molecule has 0 aliphatic heterocycles. The van der Waals surface area contributed by atoms with Gasteiger partial charge in [-0.2, -0.15) is 0 Å². The fraction of sp³-hybridized carbons (Fsp3) is 0. The predicted molar refractivity (Wildman–Crippen MR) is 68.0 cm³/mol. The van der Waals surface area contributed by atoms with Crippen molar-refractivity contribution in [1.82, 2.24) is 0 Å². The van der Waals surface area contributed by atoms with Crippen molar-refractivity contribution in [3.8, 4) is 0 Å². The first-order valence-electron chi connectivity index (χ1n) is 5.22. The molecule has 0 heterocycles. The third-order valence-electron chi connectivity index (χ3n) is 2.32. The molecule has 0 aromatic heterocycles. The topological polar surface area (TPSA) is 72.2 Å². The molecule has 0 fully saturated rings. The number of hydrogen-bond acceptors (Lipinski definition) is 3. The van der Waals surface area contributed by atoms with Gasteiger partial charge >= 0.3 is 0 Å². The lowest BCUT2D eigenvalue weighted by Gasteiger charge is -2.10. The lowest BCUT2D eigenvalue weighted by Crippen LogP contribution is -2.15. The summed E-state index contributed by atoms with van der Waals surface area (Å²) in [5.74, 6) is -1.75. The van der Waals surface area contributed by atoms with Crippen LogP contribution >= 0.6 is 0 Å². The number of nitrogens with one attached hydrogen (secondary N) is 1. The minimum Gasteiger partial charge on any atom is -0.398 e. The summed E-state index contributed by atoms with van der Waals surface area (Å²) < 4.78 is 52.1. The van der Waals surface area contributed by atoms with Gasteiger partial charge in [0.1, 0.15) is 16.5 Å². The number of rotatable bonds is 3. The Morgan fingerprint density at radius 1 is 1.00 bits per heavy atom. The zero-order valence-corrected chi connectivity index (χ0v) is 10.4. The summed E-state index contributed by atoms with van der Waals surface area (Å²) in [6.07, 6.45) is 0. The Labute approximate surface area is 108 Å². The lowest BCUT2D eigenvalue weighted by molar-refractivity contribution is 0.584. The van der Waals surface area contributed by atoms with E-state index in [2.05, 4.69) is 4.72 Å². The number of anilines is 2. The Morgan fingerprint density at radius 2 is 1.58 bits per heavy atom. The first-order valence-corrected chi connectivity index (χ1v) is 6.70. The van der Waals surface area contributed by atoms with Crippen molar-refractivity contribution in [2.75, 3.05) is 10.5 Å². The highest BCUT2D eigenvalue weighted by Gasteiger charge is 2.17. The van der Waals surface area contributed by atoms with Crippen LogP contribution in [0.15, 0.2) is 47.4 Å². The van der Waals surface area contributed by atoms with Gasteiger partial charge < -0.3 is 5.73 Å². The quantitative estimate of drug-likeness (QED) is 0.850. The maximum absolute atomic E-state index is 13.0. The third kappa shape index (κ3) is 3.00. The monoisotopic (exact) mass is 284 g/mol. The van der Waals surface area contributed by atoms with E-state index in [9.17, 15) is 17.2 Å². The third-order valence-corrected chi connectivity index (χ3v) is 3.78. The van der Waals surface area contributed by atoms with Gasteiger partial charge in [0.05, 0.1) is 11.4 Å². The van der Waals surface area contributed by atoms with E-state index in [1.165, 1.54) is 18.2 Å². The van der Waals surface area contributed by atoms with Gasteiger partial charge in [-0.3, -0.25) is 4.72 Å². The van der Waals surface area contributed by atoms with Crippen molar-refractivity contribution < 1.29 is 17.2 Å². The van der Waals surface area contributed by atoms with Crippen molar-refractivity contribution in [2.45, 2.75) is 4.90 Å². The van der Waals surface area contributed by atoms with Crippen LogP contribution in [-0.2, 0) is 10.0 Å². The van der Waals surface area contributed by atoms with Gasteiger partial charge in [0, 0.05) is 6.07 Å². The second-order valence-electron chi connectivity index (χ2n) is 3.80. The Bertz CT molecular complexity index is 697. The van der Waals surface area contributed by atoms with Crippen LogP contribution in [0.2, 0.25) is 0 Å². The SMILES string of the molecule is Nc1ccccc1S(=O)(=O)Nc1cc(F)cc(F)c1. The minimum atomic E-state index is -3.99. The van der Waals surface area contributed by atoms with Crippen LogP contribution in [0.25, 0.3) is 0 Å². The molecule has 100 valence electrons. The second kappa shape index (κ2) is 4.85. The second-order valence-corrected chi connectivity index (χ2v) is 5.45. The maximum atomic E-state index is 13.0. The molecule has 2 aromatic carbocycles. The molecule has 0 aliphatic rings. The summed E-state index contributed by atoms with van der Waals surface area (Å²) in [5.41, 5.74) is 5.39. The van der Waals surface area contributed by atoms with Gasteiger partial charge in [0.2, 0.25) is 0 Å². The highest BCUT2D eigenvalue weighted by Crippen LogP contribution is 2.22. The Balaban J connectivity index is 2.39. The smallest absolute Gasteiger partial charge is 0.263 e. The number of benzene rings is 2. The minimum absolute atomic E-state index is 0.0480. The van der Waals surface area contributed by atoms with Gasteiger partial charge in [-0.25, -0.2) is 17.2 Å². The van der Waals surface area contributed by atoms with E-state index < -0.39 is 21.7 Å². The van der Waals surface area contributed by atoms with Crippen molar-refractivity contribution in [3.05, 3.63) is 54.1 Å². The van der Waals surface area contributed by atoms with Crippen LogP contribution in [0.5, 0.6) is 0 Å². The lowest BCUT2D eigenvalue weighted by atomic mass is 10.3. The van der Waals surface area contributed by atoms with Crippen molar-refractivity contribution >= 4 is 21.4 Å². The zero-order chi connectivity index (χ0) is 14.0. The molecule has 0 saturated carbocycles. The molecule has 0 aliphatic carbocycles. The van der Waals surface area contributed by atoms with E-state index in [0.717, 1.165) is 12.1 Å². The molecule has 7 heteroatoms. The van der Waals surface area contributed by atoms with Gasteiger partial charge in [0.25, 0.3) is 10.0 Å². The van der Waals surface area contributed by atoms with Crippen molar-refractivity contribution in [2.24, 2.45) is 0 Å². The first-order chi connectivity index (χ1) is 8.88. The molecule has 0 spiro atoms. The van der Waals surface area contributed by atoms with Crippen molar-refractivity contribution in [3.63, 3.8) is 0 Å². The number of nitrogens with two attached hydrogens (primary N) is 1. The maximum Gasteiger partial charge on any atom is 0.263 e. The molecule has 0 amide bonds. The standard InChI is InChI=1S/C12H10F2N2O2S/c13-8-5-9(14)7-10(6-8)16-19(17,18)12-4-2-1-3-11(12)15/h1-7,16H,15H2. The molecule has 0 atom stereocenters. The average Bonchev–Trinajstić information content (AvgIpc) is 2.26. The number of halogens is 2. The Kier molecular flexibility index (Phi) is 3.39. The summed E-state index contributed by atoms with van der Waals surface area (Å²) >= 11 is 0. The number of para-hydroxylation sites is 1. The molecule has 0 saturated heterocycles. The fourth-order valence-electron chi connectivity index (χ4n) is 1.55. The van der Waals surface area contributed by atoms with Crippen LogP contribution in [0, 0.1) is 11.6 Å². The Morgan fingerprint density at radius 3 is 2.16 bits per heavy atom. The summed E-state index contributed by atoms with van der Waals surface area (Å²) in [5, 5.41) is 0. The van der Waals surface area contributed by atoms with Gasteiger partial charge in [-0.05, 0) is 24.3 Å². The van der Waals surface area contributed by atoms with E-state index in [4.69, 9.17) is 5.73 Å². The van der Waals surface area contributed by atoms with Crippen LogP contribution in [-0.4, -0.2) is 8.42 Å². The summed E-state index contributed by atoms with van der Waals surface area (Å²) in [6.45, 7) is 0. The van der Waals surface area contributed by atoms with Crippen LogP contribution in [0.1, 0.15) is 0 Å². The number of nitrogen functional groups attached to an aromatic ring is 1. The molecule has 0 bridgehead atoms. The summed E-state index contributed by atoms with van der Waals surface area (Å²) in [6, 6.07) is 8.19. The van der Waals surface area contributed by atoms with E-state index in [-0.39, 0.29) is 16.3 Å². The number of hydrogen-bond donors (Lipinski definition) is 2. The van der Waals surface area contributed by atoms with Gasteiger partial charge in [-0.15, -0.1) is 0 Å². The van der Waals surface area contributed by atoms with E-state index >= 15 is 0 Å². The molecule has 0 radical (unpaired) electrons. The molecule has 19 heavy (non-hydrogen) atoms. The number of sulfonamides is 1. The predicted octanol–water partition coefficient (Wildman–Crippen LogP) is 2.35. The van der Waals surface area contributed by atoms with Crippen LogP contribution in [0.3, 0.4) is 0 Å². The highest BCUT2D eigenvalue weighted by molar-refractivity contribution is 7.92. The molecule has 2 aromatic rings. The first kappa shape index (κ1) is 13.3. The zero-order valence-electron chi connectivity index (χ0n) is 9.60. The van der Waals surface area contributed by atoms with Crippen molar-refractivity contribution in [1.29, 1.82) is 0 Å². The molecular formula is C12H10F2N2O2S. The molecular weight excluding hydrogens is 274 g/mol. The van der Waals surface area contributed by atoms with E-state index in [0.29, 0.717) is 6.07 Å². The molecule has 0 unspecified atom stereocenters. The van der Waals surface area contributed by atoms with E-state index in [1.54, 1.807) is 6.07 Å². The largest absolute Gasteiger partial charge is 0.398 e. The molecule has 3 N–H and O–H groups in total. The summed E-state index contributed by atoms with van der Waals surface area (Å²) in [4.78, 5) is -0.153.